The van der Waals surface area contributed by atoms with Crippen molar-refractivity contribution in [2.24, 2.45) is 0 Å². The third-order valence-electron chi connectivity index (χ3n) is 11.3. The van der Waals surface area contributed by atoms with Crippen molar-refractivity contribution >= 4 is 11.9 Å². The van der Waals surface area contributed by atoms with Crippen molar-refractivity contribution < 1.29 is 24.5 Å². The molecule has 0 spiro atoms. The van der Waals surface area contributed by atoms with Crippen LogP contribution in [-0.4, -0.2) is 46.9 Å². The van der Waals surface area contributed by atoms with Crippen LogP contribution < -0.4 is 5.32 Å². The molecule has 1 amide bonds. The number of carbonyl (C=O) groups excluding carboxylic acids is 2. The molecule has 6 heteroatoms. The molecule has 0 aliphatic heterocycles. The third-order valence-corrected chi connectivity index (χ3v) is 11.3. The molecule has 0 saturated heterocycles. The summed E-state index contributed by atoms with van der Waals surface area (Å²) in [6, 6.07) is -0.697. The van der Waals surface area contributed by atoms with Gasteiger partial charge in [-0.15, -0.1) is 0 Å². The van der Waals surface area contributed by atoms with Crippen molar-refractivity contribution in [3.05, 3.63) is 12.2 Å². The molecule has 0 aromatic heterocycles. The summed E-state index contributed by atoms with van der Waals surface area (Å²) in [6.07, 6.45) is 47.1. The molecule has 0 aliphatic carbocycles. The van der Waals surface area contributed by atoms with Gasteiger partial charge in [0.1, 0.15) is 6.10 Å². The quantitative estimate of drug-likeness (QED) is 0.0325. The van der Waals surface area contributed by atoms with E-state index in [0.717, 1.165) is 70.6 Å². The predicted molar refractivity (Wildman–Crippen MR) is 237 cm³/mol. The molecule has 326 valence electrons. The van der Waals surface area contributed by atoms with E-state index in [-0.39, 0.29) is 24.9 Å². The Balaban J connectivity index is 4.43. The van der Waals surface area contributed by atoms with Gasteiger partial charge in [-0.3, -0.25) is 9.59 Å². The number of carbonyl (C=O) groups is 2. The van der Waals surface area contributed by atoms with Crippen LogP contribution in [0.25, 0.3) is 0 Å². The Labute approximate surface area is 342 Å². The van der Waals surface area contributed by atoms with Gasteiger partial charge in [-0.25, -0.2) is 0 Å². The van der Waals surface area contributed by atoms with E-state index in [0.29, 0.717) is 19.3 Å². The van der Waals surface area contributed by atoms with Crippen molar-refractivity contribution in [3.63, 3.8) is 0 Å². The average Bonchev–Trinajstić information content (AvgIpc) is 3.18. The largest absolute Gasteiger partial charge is 0.462 e. The van der Waals surface area contributed by atoms with Crippen LogP contribution in [0.1, 0.15) is 265 Å². The first-order valence-corrected chi connectivity index (χ1v) is 24.4. The molecule has 55 heavy (non-hydrogen) atoms. The van der Waals surface area contributed by atoms with Crippen molar-refractivity contribution in [2.45, 2.75) is 283 Å². The van der Waals surface area contributed by atoms with Gasteiger partial charge in [0.05, 0.1) is 25.2 Å². The molecule has 0 saturated carbocycles. The number of hydrogen-bond acceptors (Lipinski definition) is 5. The van der Waals surface area contributed by atoms with Crippen LogP contribution >= 0.6 is 0 Å². The zero-order chi connectivity index (χ0) is 40.3. The molecule has 0 heterocycles. The zero-order valence-corrected chi connectivity index (χ0v) is 37.1. The molecule has 0 radical (unpaired) electrons. The Morgan fingerprint density at radius 3 is 1.35 bits per heavy atom. The molecule has 3 atom stereocenters. The lowest BCUT2D eigenvalue weighted by Crippen LogP contribution is -2.46. The number of esters is 1. The summed E-state index contributed by atoms with van der Waals surface area (Å²) in [5.74, 6) is -0.479. The van der Waals surface area contributed by atoms with Gasteiger partial charge in [-0.1, -0.05) is 219 Å². The minimum Gasteiger partial charge on any atom is -0.462 e. The van der Waals surface area contributed by atoms with E-state index in [1.54, 1.807) is 0 Å². The second-order valence-corrected chi connectivity index (χ2v) is 16.9. The molecule has 3 N–H and O–H groups in total. The SMILES string of the molecule is CCCC/C=C\CCCCCC(CC(=O)NC(CO)C(O)CCCCCCCCCCCC)OC(=O)CCCCCCCCCCCCCCCCCCC. The fourth-order valence-electron chi connectivity index (χ4n) is 7.59. The van der Waals surface area contributed by atoms with Gasteiger partial charge in [0, 0.05) is 6.42 Å². The number of rotatable bonds is 44. The highest BCUT2D eigenvalue weighted by Crippen LogP contribution is 2.18. The maximum absolute atomic E-state index is 13.1. The second kappa shape index (κ2) is 43.7. The third kappa shape index (κ3) is 39.2. The fourth-order valence-corrected chi connectivity index (χ4v) is 7.59. The number of ether oxygens (including phenoxy) is 1. The molecular formula is C49H95NO5. The molecule has 0 fully saturated rings. The van der Waals surface area contributed by atoms with Gasteiger partial charge in [0.15, 0.2) is 0 Å². The van der Waals surface area contributed by atoms with Crippen LogP contribution in [0.4, 0.5) is 0 Å². The maximum atomic E-state index is 13.1. The topological polar surface area (TPSA) is 95.9 Å². The van der Waals surface area contributed by atoms with Gasteiger partial charge in [0.2, 0.25) is 5.91 Å². The Bertz CT molecular complexity index is 832. The molecule has 0 aromatic carbocycles. The van der Waals surface area contributed by atoms with E-state index in [1.165, 1.54) is 148 Å². The molecule has 0 aromatic rings. The monoisotopic (exact) mass is 778 g/mol. The van der Waals surface area contributed by atoms with E-state index in [2.05, 4.69) is 38.2 Å². The summed E-state index contributed by atoms with van der Waals surface area (Å²) in [7, 11) is 0. The number of allylic oxidation sites excluding steroid dienone is 2. The van der Waals surface area contributed by atoms with Crippen molar-refractivity contribution in [1.29, 1.82) is 0 Å². The standard InChI is InChI=1S/C49H95NO5/c1-4-7-10-13-16-19-21-22-23-24-25-26-27-30-33-36-39-42-49(54)55-45(40-37-34-31-28-18-15-12-9-6-3)43-48(53)50-46(44-51)47(52)41-38-35-32-29-20-17-14-11-8-5-2/h15,18,45-47,51-52H,4-14,16-17,19-44H2,1-3H3,(H,50,53)/b18-15-. The van der Waals surface area contributed by atoms with E-state index in [1.807, 2.05) is 0 Å². The predicted octanol–water partition coefficient (Wildman–Crippen LogP) is 14.2. The summed E-state index contributed by atoms with van der Waals surface area (Å²) in [6.45, 7) is 6.43. The molecule has 0 bridgehead atoms. The maximum Gasteiger partial charge on any atom is 0.306 e. The number of hydrogen-bond donors (Lipinski definition) is 3. The van der Waals surface area contributed by atoms with E-state index < -0.39 is 18.2 Å². The first-order valence-electron chi connectivity index (χ1n) is 24.4. The highest BCUT2D eigenvalue weighted by atomic mass is 16.5. The highest BCUT2D eigenvalue weighted by Gasteiger charge is 2.24. The van der Waals surface area contributed by atoms with Gasteiger partial charge >= 0.3 is 5.97 Å². The second-order valence-electron chi connectivity index (χ2n) is 16.9. The van der Waals surface area contributed by atoms with E-state index in [4.69, 9.17) is 4.74 Å². The van der Waals surface area contributed by atoms with Crippen LogP contribution in [0.2, 0.25) is 0 Å². The fraction of sp³-hybridized carbons (Fsp3) is 0.918. The minimum absolute atomic E-state index is 0.0726. The first-order chi connectivity index (χ1) is 27.0. The van der Waals surface area contributed by atoms with Gasteiger partial charge in [-0.05, 0) is 44.9 Å². The number of unbranched alkanes of at least 4 members (excludes halogenated alkanes) is 30. The first kappa shape index (κ1) is 53.6. The lowest BCUT2D eigenvalue weighted by Gasteiger charge is -2.24. The summed E-state index contributed by atoms with van der Waals surface area (Å²) >= 11 is 0. The van der Waals surface area contributed by atoms with Crippen LogP contribution in [-0.2, 0) is 14.3 Å². The Hall–Kier alpha value is -1.40. The van der Waals surface area contributed by atoms with Crippen molar-refractivity contribution in [1.82, 2.24) is 5.32 Å². The Morgan fingerprint density at radius 1 is 0.509 bits per heavy atom. The van der Waals surface area contributed by atoms with Crippen molar-refractivity contribution in [2.75, 3.05) is 6.61 Å². The molecular weight excluding hydrogens is 683 g/mol. The van der Waals surface area contributed by atoms with Gasteiger partial charge in [-0.2, -0.15) is 0 Å². The summed E-state index contributed by atoms with van der Waals surface area (Å²) in [5.41, 5.74) is 0. The lowest BCUT2D eigenvalue weighted by atomic mass is 10.0. The van der Waals surface area contributed by atoms with Crippen LogP contribution in [0.5, 0.6) is 0 Å². The van der Waals surface area contributed by atoms with Crippen LogP contribution in [0, 0.1) is 0 Å². The van der Waals surface area contributed by atoms with E-state index in [9.17, 15) is 19.8 Å². The summed E-state index contributed by atoms with van der Waals surface area (Å²) in [4.78, 5) is 26.0. The highest BCUT2D eigenvalue weighted by molar-refractivity contribution is 5.77. The van der Waals surface area contributed by atoms with Gasteiger partial charge < -0.3 is 20.3 Å². The van der Waals surface area contributed by atoms with Crippen LogP contribution in [0.15, 0.2) is 12.2 Å². The zero-order valence-electron chi connectivity index (χ0n) is 37.1. The van der Waals surface area contributed by atoms with Crippen molar-refractivity contribution in [3.8, 4) is 0 Å². The number of aliphatic hydroxyl groups excluding tert-OH is 2. The number of aliphatic hydroxyl groups is 2. The Kier molecular flexibility index (Phi) is 42.6. The normalized spacial score (nSPS) is 13.3. The number of nitrogens with one attached hydrogen (secondary N) is 1. The Morgan fingerprint density at radius 2 is 0.891 bits per heavy atom. The summed E-state index contributed by atoms with van der Waals surface area (Å²) < 4.78 is 5.90. The van der Waals surface area contributed by atoms with Crippen LogP contribution in [0.3, 0.4) is 0 Å². The molecule has 6 nitrogen and oxygen atoms in total. The minimum atomic E-state index is -0.783. The average molecular weight is 778 g/mol. The smallest absolute Gasteiger partial charge is 0.306 e. The molecule has 3 unspecified atom stereocenters. The molecule has 0 aliphatic rings. The summed E-state index contributed by atoms with van der Waals surface area (Å²) in [5, 5.41) is 23.6. The number of amides is 1. The van der Waals surface area contributed by atoms with E-state index >= 15 is 0 Å². The lowest BCUT2D eigenvalue weighted by molar-refractivity contribution is -0.151. The van der Waals surface area contributed by atoms with Gasteiger partial charge in [0.25, 0.3) is 0 Å². The molecule has 0 rings (SSSR count).